The SMILES string of the molecule is COc1ccc(CCC(=O)N2CCN(C(=O)c3ccccc3I)CC2)cc1. The first kappa shape index (κ1) is 19.7. The lowest BCUT2D eigenvalue weighted by Gasteiger charge is -2.35. The molecule has 1 aliphatic heterocycles. The molecule has 1 fully saturated rings. The minimum absolute atomic E-state index is 0.0466. The summed E-state index contributed by atoms with van der Waals surface area (Å²) in [6.07, 6.45) is 1.20. The summed E-state index contributed by atoms with van der Waals surface area (Å²) in [5.41, 5.74) is 1.86. The molecule has 5 nitrogen and oxygen atoms in total. The third kappa shape index (κ3) is 5.00. The van der Waals surface area contributed by atoms with Crippen LogP contribution in [0.3, 0.4) is 0 Å². The number of hydrogen-bond acceptors (Lipinski definition) is 3. The van der Waals surface area contributed by atoms with E-state index in [1.165, 1.54) is 0 Å². The Hall–Kier alpha value is -2.09. The average Bonchev–Trinajstić information content (AvgIpc) is 2.72. The number of piperazine rings is 1. The van der Waals surface area contributed by atoms with Crippen molar-refractivity contribution in [1.82, 2.24) is 9.80 Å². The van der Waals surface area contributed by atoms with Crippen LogP contribution in [0, 0.1) is 3.57 Å². The summed E-state index contributed by atoms with van der Waals surface area (Å²) in [5.74, 6) is 1.01. The highest BCUT2D eigenvalue weighted by molar-refractivity contribution is 14.1. The zero-order chi connectivity index (χ0) is 19.2. The number of carbonyl (C=O) groups is 2. The summed E-state index contributed by atoms with van der Waals surface area (Å²) in [6.45, 7) is 2.35. The molecule has 0 radical (unpaired) electrons. The standard InChI is InChI=1S/C21H23IN2O3/c1-27-17-9-6-16(7-10-17)8-11-20(25)23-12-14-24(15-13-23)21(26)18-4-2-3-5-19(18)22/h2-7,9-10H,8,11-15H2,1H3. The number of halogens is 1. The molecule has 2 amide bonds. The molecule has 6 heteroatoms. The molecule has 0 N–H and O–H groups in total. The second-order valence-electron chi connectivity index (χ2n) is 6.50. The van der Waals surface area contributed by atoms with Crippen molar-refractivity contribution in [3.63, 3.8) is 0 Å². The van der Waals surface area contributed by atoms with Gasteiger partial charge in [-0.05, 0) is 58.8 Å². The molecular weight excluding hydrogens is 455 g/mol. The first-order valence-corrected chi connectivity index (χ1v) is 10.1. The molecule has 0 unspecified atom stereocenters. The first-order valence-electron chi connectivity index (χ1n) is 9.03. The van der Waals surface area contributed by atoms with Crippen LogP contribution in [0.2, 0.25) is 0 Å². The number of ether oxygens (including phenoxy) is 1. The lowest BCUT2D eigenvalue weighted by Crippen LogP contribution is -2.50. The van der Waals surface area contributed by atoms with Gasteiger partial charge in [-0.1, -0.05) is 24.3 Å². The van der Waals surface area contributed by atoms with E-state index >= 15 is 0 Å². The molecule has 1 heterocycles. The van der Waals surface area contributed by atoms with E-state index in [0.29, 0.717) is 39.0 Å². The van der Waals surface area contributed by atoms with Crippen molar-refractivity contribution in [2.24, 2.45) is 0 Å². The van der Waals surface area contributed by atoms with Crippen LogP contribution in [-0.2, 0) is 11.2 Å². The Labute approximate surface area is 173 Å². The zero-order valence-electron chi connectivity index (χ0n) is 15.4. The summed E-state index contributed by atoms with van der Waals surface area (Å²) in [4.78, 5) is 28.9. The minimum atomic E-state index is 0.0466. The maximum Gasteiger partial charge on any atom is 0.255 e. The van der Waals surface area contributed by atoms with Gasteiger partial charge >= 0.3 is 0 Å². The van der Waals surface area contributed by atoms with E-state index in [-0.39, 0.29) is 11.8 Å². The average molecular weight is 478 g/mol. The Morgan fingerprint density at radius 1 is 0.963 bits per heavy atom. The Bertz CT molecular complexity index is 799. The number of benzene rings is 2. The molecule has 0 aromatic heterocycles. The highest BCUT2D eigenvalue weighted by Crippen LogP contribution is 2.17. The van der Waals surface area contributed by atoms with E-state index < -0.39 is 0 Å². The molecule has 0 bridgehead atoms. The number of hydrogen-bond donors (Lipinski definition) is 0. The molecule has 3 rings (SSSR count). The van der Waals surface area contributed by atoms with Gasteiger partial charge in [0.25, 0.3) is 5.91 Å². The van der Waals surface area contributed by atoms with Crippen molar-refractivity contribution in [2.75, 3.05) is 33.3 Å². The Morgan fingerprint density at radius 3 is 2.22 bits per heavy atom. The molecule has 1 aliphatic rings. The maximum absolute atomic E-state index is 12.7. The summed E-state index contributed by atoms with van der Waals surface area (Å²) < 4.78 is 6.11. The van der Waals surface area contributed by atoms with Crippen LogP contribution in [0.1, 0.15) is 22.3 Å². The zero-order valence-corrected chi connectivity index (χ0v) is 17.5. The first-order chi connectivity index (χ1) is 13.1. The Balaban J connectivity index is 1.48. The lowest BCUT2D eigenvalue weighted by molar-refractivity contribution is -0.132. The number of aryl methyl sites for hydroxylation is 1. The quantitative estimate of drug-likeness (QED) is 0.621. The second-order valence-corrected chi connectivity index (χ2v) is 7.66. The second kappa shape index (κ2) is 9.21. The molecule has 142 valence electrons. The van der Waals surface area contributed by atoms with Gasteiger partial charge in [-0.15, -0.1) is 0 Å². The number of carbonyl (C=O) groups excluding carboxylic acids is 2. The molecule has 0 saturated carbocycles. The molecule has 2 aromatic rings. The topological polar surface area (TPSA) is 49.9 Å². The van der Waals surface area contributed by atoms with Crippen LogP contribution in [0.15, 0.2) is 48.5 Å². The minimum Gasteiger partial charge on any atom is -0.497 e. The number of methoxy groups -OCH3 is 1. The smallest absolute Gasteiger partial charge is 0.255 e. The van der Waals surface area contributed by atoms with Crippen LogP contribution in [0.5, 0.6) is 5.75 Å². The monoisotopic (exact) mass is 478 g/mol. The van der Waals surface area contributed by atoms with Crippen LogP contribution in [0.25, 0.3) is 0 Å². The van der Waals surface area contributed by atoms with Crippen molar-refractivity contribution in [3.8, 4) is 5.75 Å². The molecule has 0 atom stereocenters. The lowest BCUT2D eigenvalue weighted by atomic mass is 10.1. The van der Waals surface area contributed by atoms with E-state index in [1.54, 1.807) is 7.11 Å². The summed E-state index contributed by atoms with van der Waals surface area (Å²) in [6, 6.07) is 15.4. The third-order valence-electron chi connectivity index (χ3n) is 4.81. The van der Waals surface area contributed by atoms with Crippen LogP contribution in [-0.4, -0.2) is 54.9 Å². The highest BCUT2D eigenvalue weighted by Gasteiger charge is 2.25. The van der Waals surface area contributed by atoms with Crippen molar-refractivity contribution < 1.29 is 14.3 Å². The van der Waals surface area contributed by atoms with Gasteiger partial charge in [0.15, 0.2) is 0 Å². The van der Waals surface area contributed by atoms with Gasteiger partial charge < -0.3 is 14.5 Å². The number of rotatable bonds is 5. The molecule has 2 aromatic carbocycles. The number of amides is 2. The normalized spacial score (nSPS) is 14.1. The van der Waals surface area contributed by atoms with E-state index in [0.717, 1.165) is 20.4 Å². The van der Waals surface area contributed by atoms with E-state index in [1.807, 2.05) is 58.3 Å². The van der Waals surface area contributed by atoms with Gasteiger partial charge in [0.1, 0.15) is 5.75 Å². The largest absolute Gasteiger partial charge is 0.497 e. The summed E-state index contributed by atoms with van der Waals surface area (Å²) in [7, 11) is 1.64. The fourth-order valence-corrected chi connectivity index (χ4v) is 3.78. The Morgan fingerprint density at radius 2 is 1.59 bits per heavy atom. The van der Waals surface area contributed by atoms with Gasteiger partial charge in [0.05, 0.1) is 12.7 Å². The van der Waals surface area contributed by atoms with Crippen molar-refractivity contribution in [3.05, 3.63) is 63.2 Å². The fourth-order valence-electron chi connectivity index (χ4n) is 3.17. The van der Waals surface area contributed by atoms with Gasteiger partial charge in [0, 0.05) is 36.2 Å². The van der Waals surface area contributed by atoms with Gasteiger partial charge in [-0.25, -0.2) is 0 Å². The molecular formula is C21H23IN2O3. The van der Waals surface area contributed by atoms with E-state index in [4.69, 9.17) is 4.74 Å². The van der Waals surface area contributed by atoms with Gasteiger partial charge in [-0.2, -0.15) is 0 Å². The molecule has 0 aliphatic carbocycles. The third-order valence-corrected chi connectivity index (χ3v) is 5.75. The van der Waals surface area contributed by atoms with E-state index in [9.17, 15) is 9.59 Å². The van der Waals surface area contributed by atoms with Crippen LogP contribution in [0.4, 0.5) is 0 Å². The highest BCUT2D eigenvalue weighted by atomic mass is 127. The van der Waals surface area contributed by atoms with Crippen molar-refractivity contribution in [2.45, 2.75) is 12.8 Å². The Kier molecular flexibility index (Phi) is 6.71. The van der Waals surface area contributed by atoms with Crippen LogP contribution >= 0.6 is 22.6 Å². The van der Waals surface area contributed by atoms with Gasteiger partial charge in [0.2, 0.25) is 5.91 Å². The predicted molar refractivity (Wildman–Crippen MR) is 113 cm³/mol. The molecule has 1 saturated heterocycles. The maximum atomic E-state index is 12.7. The fraction of sp³-hybridized carbons (Fsp3) is 0.333. The van der Waals surface area contributed by atoms with Crippen molar-refractivity contribution in [1.29, 1.82) is 0 Å². The summed E-state index contributed by atoms with van der Waals surface area (Å²) in [5, 5.41) is 0. The number of nitrogens with zero attached hydrogens (tertiary/aromatic N) is 2. The van der Waals surface area contributed by atoms with Gasteiger partial charge in [-0.3, -0.25) is 9.59 Å². The molecule has 0 spiro atoms. The van der Waals surface area contributed by atoms with Crippen LogP contribution < -0.4 is 4.74 Å². The van der Waals surface area contributed by atoms with E-state index in [2.05, 4.69) is 22.6 Å². The van der Waals surface area contributed by atoms with Crippen molar-refractivity contribution >= 4 is 34.4 Å². The summed E-state index contributed by atoms with van der Waals surface area (Å²) >= 11 is 2.19. The predicted octanol–water partition coefficient (Wildman–Crippen LogP) is 3.22. The molecule has 27 heavy (non-hydrogen) atoms.